The molecule has 6 nitrogen and oxygen atoms in total. The summed E-state index contributed by atoms with van der Waals surface area (Å²) in [6.45, 7) is 2.07. The van der Waals surface area contributed by atoms with Crippen molar-refractivity contribution < 1.29 is 9.59 Å². The molecule has 166 valence electrons. The zero-order chi connectivity index (χ0) is 22.5. The highest BCUT2D eigenvalue weighted by molar-refractivity contribution is 7.10. The van der Waals surface area contributed by atoms with Crippen molar-refractivity contribution in [2.24, 2.45) is 0 Å². The number of thiophene rings is 1. The van der Waals surface area contributed by atoms with Crippen LogP contribution < -0.4 is 15.5 Å². The Balaban J connectivity index is 1.30. The average Bonchev–Trinajstić information content (AvgIpc) is 3.47. The van der Waals surface area contributed by atoms with E-state index < -0.39 is 0 Å². The number of carbonyl (C=O) groups is 2. The molecule has 3 aromatic rings. The van der Waals surface area contributed by atoms with Gasteiger partial charge in [-0.3, -0.25) is 9.59 Å². The Kier molecular flexibility index (Phi) is 6.87. The molecule has 2 N–H and O–H groups in total. The Labute approximate surface area is 192 Å². The number of rotatable bonds is 7. The van der Waals surface area contributed by atoms with Gasteiger partial charge in [0, 0.05) is 46.6 Å². The van der Waals surface area contributed by atoms with Crippen LogP contribution in [-0.4, -0.2) is 49.9 Å². The summed E-state index contributed by atoms with van der Waals surface area (Å²) in [5.74, 6) is -0.247. The molecule has 1 fully saturated rings. The summed E-state index contributed by atoms with van der Waals surface area (Å²) < 4.78 is 0. The van der Waals surface area contributed by atoms with Crippen LogP contribution in [0.2, 0.25) is 0 Å². The molecule has 1 atom stereocenters. The molecule has 1 unspecified atom stereocenters. The van der Waals surface area contributed by atoms with Crippen molar-refractivity contribution in [3.05, 3.63) is 76.5 Å². The van der Waals surface area contributed by atoms with E-state index in [1.165, 1.54) is 5.69 Å². The van der Waals surface area contributed by atoms with Gasteiger partial charge in [0.1, 0.15) is 0 Å². The normalized spacial score (nSPS) is 15.7. The molecule has 0 aliphatic carbocycles. The molecular formula is C25H28N4O2S. The van der Waals surface area contributed by atoms with Crippen LogP contribution in [0, 0.1) is 0 Å². The number of nitrogens with zero attached hydrogens (tertiary/aromatic N) is 2. The summed E-state index contributed by atoms with van der Waals surface area (Å²) in [5.41, 5.74) is 3.15. The number of carbonyl (C=O) groups excluding carboxylic acids is 2. The maximum absolute atomic E-state index is 12.6. The van der Waals surface area contributed by atoms with Crippen molar-refractivity contribution in [3.8, 4) is 0 Å². The number of likely N-dealkylation sites (N-methyl/N-ethyl adjacent to an activating group) is 1. The van der Waals surface area contributed by atoms with E-state index in [4.69, 9.17) is 0 Å². The highest BCUT2D eigenvalue weighted by Gasteiger charge is 2.24. The van der Waals surface area contributed by atoms with Crippen molar-refractivity contribution in [3.63, 3.8) is 0 Å². The largest absolute Gasteiger partial charge is 0.370 e. The van der Waals surface area contributed by atoms with Crippen LogP contribution in [0.5, 0.6) is 0 Å². The molecule has 32 heavy (non-hydrogen) atoms. The van der Waals surface area contributed by atoms with Gasteiger partial charge in [0.15, 0.2) is 0 Å². The summed E-state index contributed by atoms with van der Waals surface area (Å²) in [5, 5.41) is 7.76. The summed E-state index contributed by atoms with van der Waals surface area (Å²) >= 11 is 1.56. The third kappa shape index (κ3) is 5.55. The summed E-state index contributed by atoms with van der Waals surface area (Å²) in [4.78, 5) is 30.4. The van der Waals surface area contributed by atoms with E-state index in [0.29, 0.717) is 23.7 Å². The van der Waals surface area contributed by atoms with E-state index in [1.54, 1.807) is 35.6 Å². The van der Waals surface area contributed by atoms with Crippen molar-refractivity contribution >= 4 is 40.2 Å². The van der Waals surface area contributed by atoms with Crippen LogP contribution in [0.3, 0.4) is 0 Å². The average molecular weight is 449 g/mol. The molecule has 0 spiro atoms. The van der Waals surface area contributed by atoms with Gasteiger partial charge in [-0.15, -0.1) is 11.3 Å². The number of hydrogen-bond donors (Lipinski definition) is 2. The monoisotopic (exact) mass is 448 g/mol. The van der Waals surface area contributed by atoms with Gasteiger partial charge >= 0.3 is 0 Å². The first-order chi connectivity index (χ1) is 15.5. The van der Waals surface area contributed by atoms with Gasteiger partial charge in [0.05, 0.1) is 6.42 Å². The van der Waals surface area contributed by atoms with Crippen LogP contribution in [-0.2, 0) is 11.2 Å². The highest BCUT2D eigenvalue weighted by Crippen LogP contribution is 2.24. The number of anilines is 3. The fraction of sp³-hybridized carbons (Fsp3) is 0.280. The maximum atomic E-state index is 12.6. The lowest BCUT2D eigenvalue weighted by molar-refractivity contribution is -0.115. The summed E-state index contributed by atoms with van der Waals surface area (Å²) in [7, 11) is 4.25. The Bertz CT molecular complexity index is 1050. The van der Waals surface area contributed by atoms with Gasteiger partial charge in [0.2, 0.25) is 5.91 Å². The Morgan fingerprint density at radius 1 is 1.00 bits per heavy atom. The van der Waals surface area contributed by atoms with Crippen LogP contribution in [0.4, 0.5) is 17.1 Å². The number of nitrogens with one attached hydrogen (secondary N) is 2. The summed E-state index contributed by atoms with van der Waals surface area (Å²) in [6.07, 6.45) is 1.51. The molecule has 4 rings (SSSR count). The topological polar surface area (TPSA) is 64.7 Å². The van der Waals surface area contributed by atoms with Crippen molar-refractivity contribution in [2.75, 3.05) is 42.7 Å². The molecule has 0 radical (unpaired) electrons. The maximum Gasteiger partial charge on any atom is 0.255 e. The van der Waals surface area contributed by atoms with E-state index >= 15 is 0 Å². The Hall–Kier alpha value is -3.16. The molecule has 2 aromatic carbocycles. The first-order valence-electron chi connectivity index (χ1n) is 10.7. The van der Waals surface area contributed by atoms with Crippen molar-refractivity contribution in [2.45, 2.75) is 18.9 Å². The van der Waals surface area contributed by atoms with Crippen LogP contribution in [0.1, 0.15) is 21.7 Å². The Morgan fingerprint density at radius 2 is 1.69 bits per heavy atom. The lowest BCUT2D eigenvalue weighted by Gasteiger charge is -2.22. The minimum Gasteiger partial charge on any atom is -0.370 e. The quantitative estimate of drug-likeness (QED) is 0.565. The fourth-order valence-electron chi connectivity index (χ4n) is 3.84. The number of benzene rings is 2. The van der Waals surface area contributed by atoms with Crippen LogP contribution in [0.25, 0.3) is 0 Å². The van der Waals surface area contributed by atoms with E-state index in [1.807, 2.05) is 29.6 Å². The minimum atomic E-state index is -0.178. The standard InChI is InChI=1S/C25H28N4O2S/c1-28(2)22-13-14-29(17-22)21-11-9-20(10-12-21)27-25(31)18-5-7-19(8-6-18)26-24(30)16-23-4-3-15-32-23/h3-12,15,22H,13-14,16-17H2,1-2H3,(H,26,30)(H,27,31). The second-order valence-electron chi connectivity index (χ2n) is 8.23. The van der Waals surface area contributed by atoms with Gasteiger partial charge in [-0.2, -0.15) is 0 Å². The lowest BCUT2D eigenvalue weighted by atomic mass is 10.1. The molecule has 2 heterocycles. The summed E-state index contributed by atoms with van der Waals surface area (Å²) in [6, 6.07) is 19.4. The molecule has 0 bridgehead atoms. The molecule has 1 aliphatic heterocycles. The minimum absolute atomic E-state index is 0.0698. The van der Waals surface area contributed by atoms with Crippen molar-refractivity contribution in [1.82, 2.24) is 4.90 Å². The predicted molar refractivity (Wildman–Crippen MR) is 132 cm³/mol. The van der Waals surface area contributed by atoms with Crippen LogP contribution >= 0.6 is 11.3 Å². The van der Waals surface area contributed by atoms with E-state index in [0.717, 1.165) is 30.1 Å². The third-order valence-electron chi connectivity index (χ3n) is 5.73. The first kappa shape index (κ1) is 22.0. The van der Waals surface area contributed by atoms with Gasteiger partial charge in [-0.05, 0) is 80.5 Å². The SMILES string of the molecule is CN(C)C1CCN(c2ccc(NC(=O)c3ccc(NC(=O)Cc4cccs4)cc3)cc2)C1. The van der Waals surface area contributed by atoms with Gasteiger partial charge in [-0.25, -0.2) is 0 Å². The fourth-order valence-corrected chi connectivity index (χ4v) is 4.54. The molecule has 1 aliphatic rings. The van der Waals surface area contributed by atoms with E-state index in [2.05, 4.69) is 46.7 Å². The van der Waals surface area contributed by atoms with Gasteiger partial charge in [0.25, 0.3) is 5.91 Å². The second kappa shape index (κ2) is 9.97. The molecule has 1 saturated heterocycles. The van der Waals surface area contributed by atoms with E-state index in [-0.39, 0.29) is 11.8 Å². The first-order valence-corrected chi connectivity index (χ1v) is 11.6. The van der Waals surface area contributed by atoms with Gasteiger partial charge in [-0.1, -0.05) is 6.07 Å². The molecular weight excluding hydrogens is 420 g/mol. The molecule has 7 heteroatoms. The lowest BCUT2D eigenvalue weighted by Crippen LogP contribution is -2.31. The number of amides is 2. The smallest absolute Gasteiger partial charge is 0.255 e. The Morgan fingerprint density at radius 3 is 2.31 bits per heavy atom. The predicted octanol–water partition coefficient (Wildman–Crippen LogP) is 4.32. The van der Waals surface area contributed by atoms with Crippen LogP contribution in [0.15, 0.2) is 66.0 Å². The third-order valence-corrected chi connectivity index (χ3v) is 6.61. The van der Waals surface area contributed by atoms with Gasteiger partial charge < -0.3 is 20.4 Å². The second-order valence-corrected chi connectivity index (χ2v) is 9.27. The zero-order valence-corrected chi connectivity index (χ0v) is 19.2. The molecule has 1 aromatic heterocycles. The number of hydrogen-bond acceptors (Lipinski definition) is 5. The van der Waals surface area contributed by atoms with Crippen molar-refractivity contribution in [1.29, 1.82) is 0 Å². The molecule has 2 amide bonds. The highest BCUT2D eigenvalue weighted by atomic mass is 32.1. The molecule has 0 saturated carbocycles. The zero-order valence-electron chi connectivity index (χ0n) is 18.4. The van der Waals surface area contributed by atoms with E-state index in [9.17, 15) is 9.59 Å².